The molecule has 6 heteroatoms. The largest absolute Gasteiger partial charge is 0.357 e. The quantitative estimate of drug-likeness (QED) is 0.875. The van der Waals surface area contributed by atoms with Crippen LogP contribution in [0.25, 0.3) is 0 Å². The molecule has 26 heavy (non-hydrogen) atoms. The van der Waals surface area contributed by atoms with Gasteiger partial charge >= 0.3 is 0 Å². The summed E-state index contributed by atoms with van der Waals surface area (Å²) in [5.74, 6) is 2.65. The Labute approximate surface area is 157 Å². The second kappa shape index (κ2) is 7.80. The van der Waals surface area contributed by atoms with E-state index in [4.69, 9.17) is 0 Å². The molecule has 3 rings (SSSR count). The van der Waals surface area contributed by atoms with E-state index in [1.54, 1.807) is 0 Å². The number of carbonyl (C=O) groups is 1. The molecule has 0 saturated carbocycles. The van der Waals surface area contributed by atoms with Crippen LogP contribution in [0.3, 0.4) is 0 Å². The molecule has 3 heterocycles. The number of nitrogens with one attached hydrogen (secondary N) is 1. The Balaban J connectivity index is 1.74. The number of rotatable bonds is 5. The highest BCUT2D eigenvalue weighted by molar-refractivity contribution is 5.77. The van der Waals surface area contributed by atoms with Crippen molar-refractivity contribution in [1.29, 1.82) is 0 Å². The maximum Gasteiger partial charge on any atom is 0.224 e. The average molecular weight is 360 g/mol. The van der Waals surface area contributed by atoms with E-state index >= 15 is 0 Å². The molecule has 1 atom stereocenters. The van der Waals surface area contributed by atoms with Gasteiger partial charge in [-0.2, -0.15) is 4.98 Å². The Morgan fingerprint density at radius 3 is 2.81 bits per heavy atom. The van der Waals surface area contributed by atoms with Crippen molar-refractivity contribution < 1.29 is 4.79 Å². The number of aryl methyl sites for hydroxylation is 1. The highest BCUT2D eigenvalue weighted by Gasteiger charge is 2.42. The molecule has 0 bridgehead atoms. The van der Waals surface area contributed by atoms with Gasteiger partial charge in [-0.1, -0.05) is 13.8 Å². The minimum Gasteiger partial charge on any atom is -0.357 e. The first-order valence-electron chi connectivity index (χ1n) is 9.97. The van der Waals surface area contributed by atoms with Gasteiger partial charge in [0.05, 0.1) is 0 Å². The molecule has 0 aliphatic carbocycles. The van der Waals surface area contributed by atoms with Crippen LogP contribution in [0.4, 0.5) is 11.8 Å². The number of amides is 1. The van der Waals surface area contributed by atoms with Crippen LogP contribution < -0.4 is 10.2 Å². The van der Waals surface area contributed by atoms with Crippen LogP contribution in [0, 0.1) is 18.3 Å². The number of likely N-dealkylation sites (tertiary alicyclic amines) is 1. The van der Waals surface area contributed by atoms with E-state index in [1.165, 1.54) is 6.42 Å². The van der Waals surface area contributed by atoms with E-state index in [1.807, 2.05) is 14.0 Å². The van der Waals surface area contributed by atoms with Gasteiger partial charge in [0, 0.05) is 56.8 Å². The zero-order valence-corrected chi connectivity index (χ0v) is 16.7. The van der Waals surface area contributed by atoms with Gasteiger partial charge in [-0.25, -0.2) is 4.98 Å². The molecule has 1 amide bonds. The Hall–Kier alpha value is -1.85. The Morgan fingerprint density at radius 1 is 1.27 bits per heavy atom. The van der Waals surface area contributed by atoms with Gasteiger partial charge < -0.3 is 15.1 Å². The normalized spacial score (nSPS) is 23.8. The number of hydrogen-bond acceptors (Lipinski definition) is 5. The maximum atomic E-state index is 12.4. The molecule has 1 aromatic heterocycles. The van der Waals surface area contributed by atoms with E-state index in [0.29, 0.717) is 24.2 Å². The molecular weight excluding hydrogens is 326 g/mol. The first kappa shape index (κ1) is 18.9. The van der Waals surface area contributed by atoms with Crippen molar-refractivity contribution >= 4 is 17.7 Å². The molecule has 1 aromatic rings. The third-order valence-electron chi connectivity index (χ3n) is 5.77. The standard InChI is InChI=1S/C20H33N5O/c1-15(2)7-11-25-14-20(9-6-18(25)26)8-5-10-24(13-20)17-12-16(3)22-19(21-4)23-17/h12,15H,5-11,13-14H2,1-4H3,(H,21,22,23)/t20-/m1/s1. The minimum atomic E-state index is 0.210. The topological polar surface area (TPSA) is 61.4 Å². The zero-order valence-electron chi connectivity index (χ0n) is 16.7. The smallest absolute Gasteiger partial charge is 0.224 e. The molecule has 1 N–H and O–H groups in total. The van der Waals surface area contributed by atoms with Gasteiger partial charge in [0.25, 0.3) is 0 Å². The summed E-state index contributed by atoms with van der Waals surface area (Å²) in [7, 11) is 1.86. The highest BCUT2D eigenvalue weighted by atomic mass is 16.2. The van der Waals surface area contributed by atoms with Gasteiger partial charge in [-0.05, 0) is 38.5 Å². The molecule has 0 aromatic carbocycles. The summed E-state index contributed by atoms with van der Waals surface area (Å²) in [6.45, 7) is 10.3. The van der Waals surface area contributed by atoms with Crippen LogP contribution in [0.5, 0.6) is 0 Å². The van der Waals surface area contributed by atoms with E-state index in [9.17, 15) is 4.79 Å². The monoisotopic (exact) mass is 359 g/mol. The number of anilines is 2. The molecule has 2 aliphatic rings. The van der Waals surface area contributed by atoms with Gasteiger partial charge in [0.1, 0.15) is 5.82 Å². The Morgan fingerprint density at radius 2 is 2.08 bits per heavy atom. The zero-order chi connectivity index (χ0) is 18.7. The summed E-state index contributed by atoms with van der Waals surface area (Å²) in [5, 5.41) is 3.06. The van der Waals surface area contributed by atoms with Crippen molar-refractivity contribution in [2.24, 2.45) is 11.3 Å². The highest BCUT2D eigenvalue weighted by Crippen LogP contribution is 2.40. The molecular formula is C20H33N5O. The van der Waals surface area contributed by atoms with Crippen LogP contribution in [-0.2, 0) is 4.79 Å². The first-order chi connectivity index (χ1) is 12.4. The fourth-order valence-corrected chi connectivity index (χ4v) is 4.28. The lowest BCUT2D eigenvalue weighted by Crippen LogP contribution is -2.54. The molecule has 2 saturated heterocycles. The van der Waals surface area contributed by atoms with Crippen LogP contribution in [-0.4, -0.2) is 54.0 Å². The molecule has 6 nitrogen and oxygen atoms in total. The molecule has 0 unspecified atom stereocenters. The van der Waals surface area contributed by atoms with Gasteiger partial charge in [-0.3, -0.25) is 4.79 Å². The van der Waals surface area contributed by atoms with Crippen molar-refractivity contribution in [3.8, 4) is 0 Å². The van der Waals surface area contributed by atoms with E-state index in [-0.39, 0.29) is 5.41 Å². The molecule has 2 aliphatic heterocycles. The predicted octanol–water partition coefficient (Wildman–Crippen LogP) is 3.08. The second-order valence-electron chi connectivity index (χ2n) is 8.46. The lowest BCUT2D eigenvalue weighted by molar-refractivity contribution is -0.138. The van der Waals surface area contributed by atoms with Crippen molar-refractivity contribution in [2.45, 2.75) is 52.9 Å². The minimum absolute atomic E-state index is 0.210. The van der Waals surface area contributed by atoms with Crippen molar-refractivity contribution in [1.82, 2.24) is 14.9 Å². The fraction of sp³-hybridized carbons (Fsp3) is 0.750. The van der Waals surface area contributed by atoms with Crippen LogP contribution in [0.1, 0.15) is 51.6 Å². The number of piperidine rings is 2. The molecule has 2 fully saturated rings. The summed E-state index contributed by atoms with van der Waals surface area (Å²) in [6, 6.07) is 2.07. The Kier molecular flexibility index (Phi) is 5.68. The molecule has 1 spiro atoms. The average Bonchev–Trinajstić information content (AvgIpc) is 2.62. The van der Waals surface area contributed by atoms with Crippen LogP contribution >= 0.6 is 0 Å². The third kappa shape index (κ3) is 4.27. The lowest BCUT2D eigenvalue weighted by Gasteiger charge is -2.48. The summed E-state index contributed by atoms with van der Waals surface area (Å²) >= 11 is 0. The summed E-state index contributed by atoms with van der Waals surface area (Å²) in [6.07, 6.45) is 5.14. The van der Waals surface area contributed by atoms with E-state index < -0.39 is 0 Å². The summed E-state index contributed by atoms with van der Waals surface area (Å²) in [5.41, 5.74) is 1.19. The van der Waals surface area contributed by atoms with Crippen LogP contribution in [0.15, 0.2) is 6.07 Å². The molecule has 144 valence electrons. The number of carbonyl (C=O) groups excluding carboxylic acids is 1. The maximum absolute atomic E-state index is 12.4. The van der Waals surface area contributed by atoms with Crippen molar-refractivity contribution in [3.05, 3.63) is 11.8 Å². The Bertz CT molecular complexity index is 647. The van der Waals surface area contributed by atoms with Gasteiger partial charge in [0.2, 0.25) is 11.9 Å². The predicted molar refractivity (Wildman–Crippen MR) is 105 cm³/mol. The number of nitrogens with zero attached hydrogens (tertiary/aromatic N) is 4. The fourth-order valence-electron chi connectivity index (χ4n) is 4.28. The molecule has 0 radical (unpaired) electrons. The second-order valence-corrected chi connectivity index (χ2v) is 8.46. The van der Waals surface area contributed by atoms with E-state index in [2.05, 4.69) is 45.0 Å². The van der Waals surface area contributed by atoms with Crippen molar-refractivity contribution in [3.63, 3.8) is 0 Å². The van der Waals surface area contributed by atoms with Gasteiger partial charge in [-0.15, -0.1) is 0 Å². The van der Waals surface area contributed by atoms with Crippen LogP contribution in [0.2, 0.25) is 0 Å². The van der Waals surface area contributed by atoms with Crippen molar-refractivity contribution in [2.75, 3.05) is 43.4 Å². The van der Waals surface area contributed by atoms with E-state index in [0.717, 1.165) is 57.0 Å². The lowest BCUT2D eigenvalue weighted by atomic mass is 9.73. The SMILES string of the molecule is CNc1nc(C)cc(N2CCC[C@@]3(CCC(=O)N(CCC(C)C)C3)C2)n1. The summed E-state index contributed by atoms with van der Waals surface area (Å²) < 4.78 is 0. The first-order valence-corrected chi connectivity index (χ1v) is 9.97. The third-order valence-corrected chi connectivity index (χ3v) is 5.77. The number of aromatic nitrogens is 2. The number of hydrogen-bond donors (Lipinski definition) is 1. The summed E-state index contributed by atoms with van der Waals surface area (Å²) in [4.78, 5) is 26.0. The van der Waals surface area contributed by atoms with Gasteiger partial charge in [0.15, 0.2) is 0 Å².